The highest BCUT2D eigenvalue weighted by molar-refractivity contribution is 4.95. The Bertz CT molecular complexity index is 253. The Morgan fingerprint density at radius 2 is 1.83 bits per heavy atom. The molecular weight excluding hydrogens is 224 g/mol. The van der Waals surface area contributed by atoms with Crippen LogP contribution in [0.5, 0.6) is 0 Å². The van der Waals surface area contributed by atoms with Crippen LogP contribution in [-0.4, -0.2) is 43.3 Å². The van der Waals surface area contributed by atoms with Crippen LogP contribution < -0.4 is 5.73 Å². The second-order valence-electron chi connectivity index (χ2n) is 7.05. The van der Waals surface area contributed by atoms with Crippen molar-refractivity contribution in [2.45, 2.75) is 70.5 Å². The average molecular weight is 254 g/mol. The largest absolute Gasteiger partial charge is 0.385 e. The molecule has 0 amide bonds. The molecule has 3 nitrogen and oxygen atoms in total. The minimum atomic E-state index is 0.352. The smallest absolute Gasteiger partial charge is 0.0467 e. The van der Waals surface area contributed by atoms with Crippen LogP contribution in [0.2, 0.25) is 0 Å². The van der Waals surface area contributed by atoms with Crippen LogP contribution >= 0.6 is 0 Å². The van der Waals surface area contributed by atoms with Crippen molar-refractivity contribution in [3.63, 3.8) is 0 Å². The lowest BCUT2D eigenvalue weighted by Crippen LogP contribution is -2.57. The van der Waals surface area contributed by atoms with Crippen LogP contribution in [0.25, 0.3) is 0 Å². The quantitative estimate of drug-likeness (QED) is 0.819. The zero-order chi connectivity index (χ0) is 13.2. The Hall–Kier alpha value is -0.120. The average Bonchev–Trinajstić information content (AvgIpc) is 2.27. The van der Waals surface area contributed by atoms with Gasteiger partial charge < -0.3 is 10.5 Å². The lowest BCUT2D eigenvalue weighted by Gasteiger charge is -2.50. The third-order valence-corrected chi connectivity index (χ3v) is 4.76. The van der Waals surface area contributed by atoms with Gasteiger partial charge in [-0.3, -0.25) is 4.90 Å². The summed E-state index contributed by atoms with van der Waals surface area (Å²) in [6.07, 6.45) is 7.66. The summed E-state index contributed by atoms with van der Waals surface area (Å²) in [5, 5.41) is 0. The van der Waals surface area contributed by atoms with Gasteiger partial charge in [0.2, 0.25) is 0 Å². The molecule has 2 aliphatic rings. The number of hydrogen-bond acceptors (Lipinski definition) is 3. The molecule has 0 aliphatic carbocycles. The molecule has 2 unspecified atom stereocenters. The summed E-state index contributed by atoms with van der Waals surface area (Å²) in [5.41, 5.74) is 6.54. The third-order valence-electron chi connectivity index (χ3n) is 4.76. The molecule has 0 aromatic carbocycles. The van der Waals surface area contributed by atoms with Gasteiger partial charge >= 0.3 is 0 Å². The molecule has 2 aliphatic heterocycles. The Labute approximate surface area is 112 Å². The maximum absolute atomic E-state index is 6.18. The lowest BCUT2D eigenvalue weighted by atomic mass is 9.79. The summed E-state index contributed by atoms with van der Waals surface area (Å²) in [5.74, 6) is 0. The van der Waals surface area contributed by atoms with Gasteiger partial charge in [0.05, 0.1) is 0 Å². The van der Waals surface area contributed by atoms with Gasteiger partial charge in [0, 0.05) is 38.4 Å². The molecule has 2 heterocycles. The minimum absolute atomic E-state index is 0.352. The summed E-state index contributed by atoms with van der Waals surface area (Å²) in [6, 6.07) is 1.93. The Morgan fingerprint density at radius 3 is 2.39 bits per heavy atom. The van der Waals surface area contributed by atoms with Crippen LogP contribution in [0.4, 0.5) is 0 Å². The normalized spacial score (nSPS) is 33.7. The van der Waals surface area contributed by atoms with Gasteiger partial charge in [-0.2, -0.15) is 0 Å². The topological polar surface area (TPSA) is 38.5 Å². The number of hydrogen-bond donors (Lipinski definition) is 1. The van der Waals surface area contributed by atoms with Crippen LogP contribution in [0.1, 0.15) is 52.4 Å². The van der Waals surface area contributed by atoms with Crippen LogP contribution in [-0.2, 0) is 4.74 Å². The van der Waals surface area contributed by atoms with Crippen molar-refractivity contribution in [3.05, 3.63) is 0 Å². The molecule has 0 spiro atoms. The first-order valence-corrected chi connectivity index (χ1v) is 7.52. The molecule has 2 saturated heterocycles. The van der Waals surface area contributed by atoms with Crippen LogP contribution in [0.15, 0.2) is 0 Å². The van der Waals surface area contributed by atoms with Crippen molar-refractivity contribution in [2.24, 2.45) is 11.1 Å². The van der Waals surface area contributed by atoms with Crippen molar-refractivity contribution in [1.82, 2.24) is 4.90 Å². The first-order valence-electron chi connectivity index (χ1n) is 7.52. The van der Waals surface area contributed by atoms with E-state index in [0.717, 1.165) is 25.1 Å². The van der Waals surface area contributed by atoms with Crippen molar-refractivity contribution in [3.8, 4) is 0 Å². The Balaban J connectivity index is 1.95. The first-order chi connectivity index (χ1) is 8.52. The number of methoxy groups -OCH3 is 1. The van der Waals surface area contributed by atoms with Gasteiger partial charge in [-0.25, -0.2) is 0 Å². The fraction of sp³-hybridized carbons (Fsp3) is 1.00. The highest BCUT2D eigenvalue weighted by Gasteiger charge is 2.39. The van der Waals surface area contributed by atoms with Gasteiger partial charge in [-0.05, 0) is 37.5 Å². The number of fused-ring (bicyclic) bond motifs is 2. The van der Waals surface area contributed by atoms with E-state index in [4.69, 9.17) is 10.5 Å². The molecule has 106 valence electrons. The van der Waals surface area contributed by atoms with Gasteiger partial charge in [-0.15, -0.1) is 0 Å². The molecule has 18 heavy (non-hydrogen) atoms. The van der Waals surface area contributed by atoms with Crippen LogP contribution in [0, 0.1) is 5.41 Å². The van der Waals surface area contributed by atoms with Gasteiger partial charge in [0.25, 0.3) is 0 Å². The number of piperidine rings is 2. The third kappa shape index (κ3) is 3.46. The van der Waals surface area contributed by atoms with E-state index in [-0.39, 0.29) is 0 Å². The van der Waals surface area contributed by atoms with Gasteiger partial charge in [-0.1, -0.05) is 20.3 Å². The van der Waals surface area contributed by atoms with Crippen molar-refractivity contribution in [1.29, 1.82) is 0 Å². The molecule has 2 atom stereocenters. The Kier molecular flexibility index (Phi) is 4.68. The molecule has 0 saturated carbocycles. The number of nitrogens with two attached hydrogens (primary N) is 1. The SMILES string of the molecule is COCCC(C)(C)CN1C2CCCC1CC(N)C2. The summed E-state index contributed by atoms with van der Waals surface area (Å²) in [4.78, 5) is 2.77. The van der Waals surface area contributed by atoms with Crippen molar-refractivity contribution < 1.29 is 4.74 Å². The maximum atomic E-state index is 6.18. The fourth-order valence-electron chi connectivity index (χ4n) is 3.73. The predicted octanol–water partition coefficient (Wildman–Crippen LogP) is 2.39. The van der Waals surface area contributed by atoms with Crippen molar-refractivity contribution in [2.75, 3.05) is 20.3 Å². The molecule has 2 rings (SSSR count). The summed E-state index contributed by atoms with van der Waals surface area (Å²) in [6.45, 7) is 6.82. The summed E-state index contributed by atoms with van der Waals surface area (Å²) < 4.78 is 5.24. The first kappa shape index (κ1) is 14.3. The van der Waals surface area contributed by atoms with Gasteiger partial charge in [0.15, 0.2) is 0 Å². The molecule has 2 N–H and O–H groups in total. The highest BCUT2D eigenvalue weighted by atomic mass is 16.5. The van der Waals surface area contributed by atoms with Gasteiger partial charge in [0.1, 0.15) is 0 Å². The standard InChI is InChI=1S/C15H30N2O/c1-15(2,7-8-18-3)11-17-13-5-4-6-14(17)10-12(16)9-13/h12-14H,4-11,16H2,1-3H3. The van der Waals surface area contributed by atoms with Crippen molar-refractivity contribution >= 4 is 0 Å². The zero-order valence-corrected chi connectivity index (χ0v) is 12.3. The van der Waals surface area contributed by atoms with E-state index in [9.17, 15) is 0 Å². The van der Waals surface area contributed by atoms with E-state index in [1.54, 1.807) is 7.11 Å². The highest BCUT2D eigenvalue weighted by Crippen LogP contribution is 2.36. The van der Waals surface area contributed by atoms with E-state index in [1.807, 2.05) is 0 Å². The number of nitrogens with zero attached hydrogens (tertiary/aromatic N) is 1. The Morgan fingerprint density at radius 1 is 1.22 bits per heavy atom. The van der Waals surface area contributed by atoms with E-state index < -0.39 is 0 Å². The second-order valence-corrected chi connectivity index (χ2v) is 7.05. The monoisotopic (exact) mass is 254 g/mol. The fourth-order valence-corrected chi connectivity index (χ4v) is 3.73. The molecular formula is C15H30N2O. The minimum Gasteiger partial charge on any atom is -0.385 e. The molecule has 0 aromatic heterocycles. The molecule has 0 aromatic rings. The summed E-state index contributed by atoms with van der Waals surface area (Å²) in [7, 11) is 1.80. The molecule has 2 bridgehead atoms. The van der Waals surface area contributed by atoms with Crippen LogP contribution in [0.3, 0.4) is 0 Å². The van der Waals surface area contributed by atoms with E-state index in [1.165, 1.54) is 38.6 Å². The summed E-state index contributed by atoms with van der Waals surface area (Å²) >= 11 is 0. The van der Waals surface area contributed by atoms with E-state index >= 15 is 0 Å². The van der Waals surface area contributed by atoms with E-state index in [2.05, 4.69) is 18.7 Å². The molecule has 3 heteroatoms. The van der Waals surface area contributed by atoms with E-state index in [0.29, 0.717) is 11.5 Å². The number of rotatable bonds is 5. The lowest BCUT2D eigenvalue weighted by molar-refractivity contribution is -0.00368. The number of ether oxygens (including phenoxy) is 1. The molecule has 0 radical (unpaired) electrons. The zero-order valence-electron chi connectivity index (χ0n) is 12.3. The molecule has 2 fully saturated rings. The predicted molar refractivity (Wildman–Crippen MR) is 75.6 cm³/mol. The maximum Gasteiger partial charge on any atom is 0.0467 e. The second kappa shape index (κ2) is 5.89.